The summed E-state index contributed by atoms with van der Waals surface area (Å²) < 4.78 is 0. The number of pyridine rings is 1. The van der Waals surface area contributed by atoms with Crippen molar-refractivity contribution in [1.82, 2.24) is 25.4 Å². The summed E-state index contributed by atoms with van der Waals surface area (Å²) in [7, 11) is 1.82. The number of nitrogens with zero attached hydrogens (tertiary/aromatic N) is 5. The Hall–Kier alpha value is -2.46. The molecule has 8 nitrogen and oxygen atoms in total. The van der Waals surface area contributed by atoms with E-state index in [2.05, 4.69) is 30.7 Å². The highest BCUT2D eigenvalue weighted by molar-refractivity contribution is 7.15. The Bertz CT molecular complexity index is 774. The quantitative estimate of drug-likeness (QED) is 0.616. The number of nitrogen functional groups attached to an aromatic ring is 1. The first-order chi connectivity index (χ1) is 13.7. The van der Waals surface area contributed by atoms with Gasteiger partial charge >= 0.3 is 0 Å². The second kappa shape index (κ2) is 12.8. The van der Waals surface area contributed by atoms with E-state index in [1.807, 2.05) is 25.2 Å². The Morgan fingerprint density at radius 1 is 1.21 bits per heavy atom. The molecule has 0 amide bonds. The number of anilines is 2. The maximum atomic E-state index is 9.93. The Kier molecular flexibility index (Phi) is 10.0. The lowest BCUT2D eigenvalue weighted by molar-refractivity contribution is -0.107. The summed E-state index contributed by atoms with van der Waals surface area (Å²) in [5.41, 5.74) is 8.04. The van der Waals surface area contributed by atoms with Gasteiger partial charge in [-0.25, -0.2) is 0 Å². The van der Waals surface area contributed by atoms with Crippen molar-refractivity contribution in [2.45, 2.75) is 44.4 Å². The second-order valence-electron chi connectivity index (χ2n) is 6.00. The number of carbonyl (C=O) groups excluding carboxylic acids is 1. The van der Waals surface area contributed by atoms with Gasteiger partial charge in [0, 0.05) is 31.3 Å². The number of hydrogen-bond donors (Lipinski definition) is 2. The van der Waals surface area contributed by atoms with Gasteiger partial charge in [-0.3, -0.25) is 4.98 Å². The summed E-state index contributed by atoms with van der Waals surface area (Å²) >= 11 is 3.04. The van der Waals surface area contributed by atoms with Gasteiger partial charge in [-0.1, -0.05) is 48.0 Å². The molecule has 10 heteroatoms. The molecule has 0 spiro atoms. The van der Waals surface area contributed by atoms with E-state index in [0.29, 0.717) is 17.5 Å². The van der Waals surface area contributed by atoms with Gasteiger partial charge < -0.3 is 15.8 Å². The molecule has 0 radical (unpaired) electrons. The molecule has 1 fully saturated rings. The fraction of sp³-hybridized carbons (Fsp3) is 0.444. The lowest BCUT2D eigenvalue weighted by Gasteiger charge is -2.18. The molecule has 0 unspecified atom stereocenters. The summed E-state index contributed by atoms with van der Waals surface area (Å²) in [6.45, 7) is 0. The van der Waals surface area contributed by atoms with Crippen LogP contribution in [0.4, 0.5) is 10.3 Å². The Morgan fingerprint density at radius 2 is 2.04 bits per heavy atom. The standard InChI is InChI=1S/C8H13N3S.C7H7NO.C3H5N3S/c9-8-11-10-7(12-8)6-4-2-1-3-5-6;9-6-4-7-3-1-2-5-8-7;1-4-3-6-5-2-7-3/h6H,1-5H2,(H2,9,11);1-3,5-6H,4H2;2H,1H3,(H,4,6). The Morgan fingerprint density at radius 3 is 2.54 bits per heavy atom. The number of carbonyl (C=O) groups is 1. The molecule has 0 aromatic carbocycles. The Balaban J connectivity index is 0.000000157. The number of aldehydes is 1. The summed E-state index contributed by atoms with van der Waals surface area (Å²) in [4.78, 5) is 13.9. The third-order valence-electron chi connectivity index (χ3n) is 4.00. The summed E-state index contributed by atoms with van der Waals surface area (Å²) in [6.07, 6.45) is 9.55. The van der Waals surface area contributed by atoms with Crippen LogP contribution in [0, 0.1) is 0 Å². The molecular formula is C18H25N7OS2. The predicted molar refractivity (Wildman–Crippen MR) is 114 cm³/mol. The summed E-state index contributed by atoms with van der Waals surface area (Å²) in [6, 6.07) is 5.52. The molecular weight excluding hydrogens is 394 g/mol. The number of nitrogens with two attached hydrogens (primary N) is 1. The van der Waals surface area contributed by atoms with E-state index in [9.17, 15) is 4.79 Å². The van der Waals surface area contributed by atoms with Crippen molar-refractivity contribution < 1.29 is 4.79 Å². The normalized spacial score (nSPS) is 13.5. The maximum Gasteiger partial charge on any atom is 0.205 e. The van der Waals surface area contributed by atoms with Crippen molar-refractivity contribution in [3.05, 3.63) is 40.6 Å². The van der Waals surface area contributed by atoms with Crippen LogP contribution in [0.25, 0.3) is 0 Å². The molecule has 1 aliphatic rings. The molecule has 4 rings (SSSR count). The van der Waals surface area contributed by atoms with Crippen LogP contribution >= 0.6 is 22.7 Å². The van der Waals surface area contributed by atoms with Crippen molar-refractivity contribution in [1.29, 1.82) is 0 Å². The molecule has 3 N–H and O–H groups in total. The van der Waals surface area contributed by atoms with E-state index in [4.69, 9.17) is 5.73 Å². The maximum absolute atomic E-state index is 9.93. The molecule has 3 heterocycles. The minimum atomic E-state index is 0.417. The average Bonchev–Trinajstić information content (AvgIpc) is 3.42. The van der Waals surface area contributed by atoms with Gasteiger partial charge in [-0.05, 0) is 25.0 Å². The van der Waals surface area contributed by atoms with Crippen LogP contribution < -0.4 is 11.1 Å². The molecule has 0 atom stereocenters. The highest BCUT2D eigenvalue weighted by atomic mass is 32.1. The first-order valence-electron chi connectivity index (χ1n) is 9.09. The van der Waals surface area contributed by atoms with E-state index in [-0.39, 0.29) is 0 Å². The molecule has 1 saturated carbocycles. The van der Waals surface area contributed by atoms with Crippen LogP contribution in [0.5, 0.6) is 0 Å². The van der Waals surface area contributed by atoms with Gasteiger partial charge in [0.2, 0.25) is 10.3 Å². The van der Waals surface area contributed by atoms with E-state index in [1.165, 1.54) is 43.4 Å². The fourth-order valence-electron chi connectivity index (χ4n) is 2.65. The number of rotatable bonds is 4. The zero-order valence-electron chi connectivity index (χ0n) is 15.8. The van der Waals surface area contributed by atoms with Gasteiger partial charge in [0.05, 0.1) is 0 Å². The highest BCUT2D eigenvalue weighted by Gasteiger charge is 2.18. The van der Waals surface area contributed by atoms with E-state index >= 15 is 0 Å². The first-order valence-corrected chi connectivity index (χ1v) is 10.8. The Labute approximate surface area is 172 Å². The van der Waals surface area contributed by atoms with Crippen molar-refractivity contribution in [2.24, 2.45) is 0 Å². The third-order valence-corrected chi connectivity index (χ3v) is 5.63. The number of hydrogen-bond acceptors (Lipinski definition) is 10. The van der Waals surface area contributed by atoms with Crippen LogP contribution in [0.3, 0.4) is 0 Å². The fourth-order valence-corrected chi connectivity index (χ4v) is 3.83. The molecule has 3 aromatic heterocycles. The van der Waals surface area contributed by atoms with Crippen molar-refractivity contribution in [2.75, 3.05) is 18.1 Å². The van der Waals surface area contributed by atoms with Gasteiger partial charge in [-0.15, -0.1) is 20.4 Å². The zero-order valence-corrected chi connectivity index (χ0v) is 17.5. The molecule has 0 aliphatic heterocycles. The van der Waals surface area contributed by atoms with Gasteiger partial charge in [0.25, 0.3) is 0 Å². The summed E-state index contributed by atoms with van der Waals surface area (Å²) in [5, 5.41) is 20.7. The molecule has 150 valence electrons. The van der Waals surface area contributed by atoms with Crippen molar-refractivity contribution in [3.63, 3.8) is 0 Å². The number of nitrogens with one attached hydrogen (secondary N) is 1. The van der Waals surface area contributed by atoms with Crippen molar-refractivity contribution >= 4 is 39.2 Å². The van der Waals surface area contributed by atoms with Crippen LogP contribution in [0.1, 0.15) is 48.7 Å². The monoisotopic (exact) mass is 419 g/mol. The van der Waals surface area contributed by atoms with Crippen LogP contribution in [-0.2, 0) is 11.2 Å². The molecule has 1 aliphatic carbocycles. The smallest absolute Gasteiger partial charge is 0.205 e. The topological polar surface area (TPSA) is 120 Å². The van der Waals surface area contributed by atoms with E-state index < -0.39 is 0 Å². The average molecular weight is 420 g/mol. The summed E-state index contributed by atoms with van der Waals surface area (Å²) in [5.74, 6) is 0.647. The highest BCUT2D eigenvalue weighted by Crippen LogP contribution is 2.34. The lowest BCUT2D eigenvalue weighted by Crippen LogP contribution is -2.03. The van der Waals surface area contributed by atoms with Crippen LogP contribution in [0.2, 0.25) is 0 Å². The van der Waals surface area contributed by atoms with Gasteiger partial charge in [-0.2, -0.15) is 0 Å². The molecule has 0 bridgehead atoms. The second-order valence-corrected chi connectivity index (χ2v) is 7.87. The minimum Gasteiger partial charge on any atom is -0.374 e. The molecule has 28 heavy (non-hydrogen) atoms. The third kappa shape index (κ3) is 8.05. The van der Waals surface area contributed by atoms with Crippen molar-refractivity contribution in [3.8, 4) is 0 Å². The first kappa shape index (κ1) is 21.8. The molecule has 3 aromatic rings. The van der Waals surface area contributed by atoms with Gasteiger partial charge in [0.15, 0.2) is 0 Å². The SMILES string of the molecule is CNc1nncs1.Nc1nnc(C2CCCCC2)s1.O=CCc1ccccn1. The van der Waals surface area contributed by atoms with E-state index in [1.54, 1.807) is 23.0 Å². The predicted octanol–water partition coefficient (Wildman–Crippen LogP) is 3.57. The minimum absolute atomic E-state index is 0.417. The van der Waals surface area contributed by atoms with E-state index in [0.717, 1.165) is 22.1 Å². The van der Waals surface area contributed by atoms with Gasteiger partial charge in [0.1, 0.15) is 16.8 Å². The lowest BCUT2D eigenvalue weighted by atomic mass is 9.90. The van der Waals surface area contributed by atoms with Crippen LogP contribution in [-0.4, -0.2) is 38.7 Å². The van der Waals surface area contributed by atoms with Crippen LogP contribution in [0.15, 0.2) is 29.9 Å². The molecule has 0 saturated heterocycles. The number of aromatic nitrogens is 5. The zero-order chi connectivity index (χ0) is 20.0. The largest absolute Gasteiger partial charge is 0.374 e.